The van der Waals surface area contributed by atoms with Crippen molar-refractivity contribution in [2.75, 3.05) is 11.6 Å². The molecule has 9 nitrogen and oxygen atoms in total. The van der Waals surface area contributed by atoms with E-state index in [1.54, 1.807) is 4.52 Å². The molecule has 0 unspecified atom stereocenters. The molecule has 0 bridgehead atoms. The number of rotatable bonds is 7. The molecule has 0 aliphatic carbocycles. The van der Waals surface area contributed by atoms with Gasteiger partial charge in [0.05, 0.1) is 29.4 Å². The third kappa shape index (κ3) is 4.81. The Balaban J connectivity index is 1.44. The average molecular weight is 474 g/mol. The zero-order valence-electron chi connectivity index (χ0n) is 18.7. The van der Waals surface area contributed by atoms with Gasteiger partial charge in [0.2, 0.25) is 0 Å². The van der Waals surface area contributed by atoms with Crippen molar-refractivity contribution in [2.45, 2.75) is 19.2 Å². The molecule has 0 fully saturated rings. The highest BCUT2D eigenvalue weighted by atomic mass is 32.2. The van der Waals surface area contributed by atoms with Gasteiger partial charge in [0.25, 0.3) is 0 Å². The van der Waals surface area contributed by atoms with Gasteiger partial charge in [0.15, 0.2) is 15.5 Å². The molecule has 0 spiro atoms. The Hall–Kier alpha value is -4.05. The number of imidazole rings is 1. The molecule has 172 valence electrons. The number of hydrogen-bond acceptors (Lipinski definition) is 7. The van der Waals surface area contributed by atoms with Crippen LogP contribution in [0.5, 0.6) is 0 Å². The molecule has 4 aromatic heterocycles. The summed E-state index contributed by atoms with van der Waals surface area (Å²) < 4.78 is 24.7. The summed E-state index contributed by atoms with van der Waals surface area (Å²) >= 11 is 0. The van der Waals surface area contributed by atoms with Gasteiger partial charge in [-0.1, -0.05) is 18.2 Å². The summed E-state index contributed by atoms with van der Waals surface area (Å²) in [6.45, 7) is 2.41. The summed E-state index contributed by atoms with van der Waals surface area (Å²) in [5.74, 6) is 0.768. The molecule has 2 N–H and O–H groups in total. The Labute approximate surface area is 196 Å². The number of benzene rings is 1. The quantitative estimate of drug-likeness (QED) is 0.370. The van der Waals surface area contributed by atoms with Gasteiger partial charge < -0.3 is 10.3 Å². The second-order valence-electron chi connectivity index (χ2n) is 8.17. The smallest absolute Gasteiger partial charge is 0.155 e. The minimum absolute atomic E-state index is 0.0256. The van der Waals surface area contributed by atoms with Crippen LogP contribution in [-0.2, 0) is 22.1 Å². The number of nitrogens with zero attached hydrogens (tertiary/aromatic N) is 5. The largest absolute Gasteiger partial charge is 0.378 e. The molecule has 5 aromatic rings. The monoisotopic (exact) mass is 473 g/mol. The van der Waals surface area contributed by atoms with Gasteiger partial charge in [0.1, 0.15) is 12.2 Å². The SMILES string of the molecule is Cc1cccc(-c2[nH]c(CNc3ccc(CS(C)(=O)=O)cc3)nc2-c2ccc3ncnn3c2)n1. The predicted molar refractivity (Wildman–Crippen MR) is 131 cm³/mol. The number of fused-ring (bicyclic) bond motifs is 1. The normalized spacial score (nSPS) is 11.7. The molecular formula is C24H23N7O2S. The van der Waals surface area contributed by atoms with Gasteiger partial charge in [-0.05, 0) is 48.9 Å². The second kappa shape index (κ2) is 8.71. The summed E-state index contributed by atoms with van der Waals surface area (Å²) in [6, 6.07) is 17.1. The first-order valence-electron chi connectivity index (χ1n) is 10.7. The molecule has 0 saturated heterocycles. The van der Waals surface area contributed by atoms with Gasteiger partial charge >= 0.3 is 0 Å². The van der Waals surface area contributed by atoms with Crippen molar-refractivity contribution in [3.8, 4) is 22.6 Å². The number of sulfone groups is 1. The van der Waals surface area contributed by atoms with Gasteiger partial charge in [-0.3, -0.25) is 4.98 Å². The van der Waals surface area contributed by atoms with Crippen molar-refractivity contribution in [2.24, 2.45) is 0 Å². The average Bonchev–Trinajstić information content (AvgIpc) is 3.44. The van der Waals surface area contributed by atoms with E-state index in [4.69, 9.17) is 4.98 Å². The van der Waals surface area contributed by atoms with Crippen LogP contribution < -0.4 is 5.32 Å². The number of anilines is 1. The van der Waals surface area contributed by atoms with E-state index in [0.717, 1.165) is 51.1 Å². The topological polar surface area (TPSA) is 118 Å². The zero-order chi connectivity index (χ0) is 23.7. The second-order valence-corrected chi connectivity index (χ2v) is 10.3. The lowest BCUT2D eigenvalue weighted by molar-refractivity contribution is 0.601. The van der Waals surface area contributed by atoms with Crippen LogP contribution in [0.3, 0.4) is 0 Å². The molecule has 10 heteroatoms. The van der Waals surface area contributed by atoms with Crippen molar-refractivity contribution < 1.29 is 8.42 Å². The summed E-state index contributed by atoms with van der Waals surface area (Å²) in [6.07, 6.45) is 4.65. The van der Waals surface area contributed by atoms with E-state index in [1.807, 2.05) is 67.7 Å². The molecule has 1 aromatic carbocycles. The number of aromatic nitrogens is 6. The lowest BCUT2D eigenvalue weighted by atomic mass is 10.1. The molecule has 0 aliphatic rings. The molecule has 0 aliphatic heterocycles. The van der Waals surface area contributed by atoms with E-state index in [0.29, 0.717) is 6.54 Å². The van der Waals surface area contributed by atoms with Crippen LogP contribution in [0.2, 0.25) is 0 Å². The third-order valence-corrected chi connectivity index (χ3v) is 6.15. The molecule has 34 heavy (non-hydrogen) atoms. The van der Waals surface area contributed by atoms with E-state index in [1.165, 1.54) is 12.6 Å². The molecule has 0 saturated carbocycles. The van der Waals surface area contributed by atoms with Gasteiger partial charge in [-0.15, -0.1) is 0 Å². The van der Waals surface area contributed by atoms with Crippen molar-refractivity contribution in [1.82, 2.24) is 29.5 Å². The number of pyridine rings is 2. The number of aromatic amines is 1. The third-order valence-electron chi connectivity index (χ3n) is 5.29. The first-order valence-corrected chi connectivity index (χ1v) is 12.7. The summed E-state index contributed by atoms with van der Waals surface area (Å²) in [5, 5.41) is 7.58. The Morgan fingerprint density at radius 1 is 1.03 bits per heavy atom. The fourth-order valence-electron chi connectivity index (χ4n) is 3.75. The van der Waals surface area contributed by atoms with Crippen LogP contribution in [0.4, 0.5) is 5.69 Å². The van der Waals surface area contributed by atoms with E-state index in [2.05, 4.69) is 25.4 Å². The maximum absolute atomic E-state index is 11.5. The highest BCUT2D eigenvalue weighted by Gasteiger charge is 2.16. The van der Waals surface area contributed by atoms with E-state index in [9.17, 15) is 8.42 Å². The predicted octanol–water partition coefficient (Wildman–Crippen LogP) is 3.65. The number of nitrogens with one attached hydrogen (secondary N) is 2. The first-order chi connectivity index (χ1) is 16.3. The van der Waals surface area contributed by atoms with Crippen LogP contribution in [0, 0.1) is 6.92 Å². The number of H-pyrrole nitrogens is 1. The highest BCUT2D eigenvalue weighted by molar-refractivity contribution is 7.89. The summed E-state index contributed by atoms with van der Waals surface area (Å²) in [7, 11) is -3.06. The molecule has 5 rings (SSSR count). The standard InChI is InChI=1S/C24H23N7O2S/c1-16-4-3-5-20(28-16)24-23(18-8-11-22-26-15-27-31(22)13-18)29-21(30-24)12-25-19-9-6-17(7-10-19)14-34(2,32)33/h3-11,13,15,25H,12,14H2,1-2H3,(H,29,30). The van der Waals surface area contributed by atoms with Crippen LogP contribution >= 0.6 is 0 Å². The van der Waals surface area contributed by atoms with Crippen LogP contribution in [0.25, 0.3) is 28.3 Å². The molecule has 0 amide bonds. The zero-order valence-corrected chi connectivity index (χ0v) is 19.5. The van der Waals surface area contributed by atoms with Crippen LogP contribution in [0.15, 0.2) is 67.1 Å². The molecular weight excluding hydrogens is 450 g/mol. The summed E-state index contributed by atoms with van der Waals surface area (Å²) in [4.78, 5) is 17.2. The van der Waals surface area contributed by atoms with Crippen molar-refractivity contribution >= 4 is 21.2 Å². The Bertz CT molecular complexity index is 1570. The Morgan fingerprint density at radius 2 is 1.85 bits per heavy atom. The lowest BCUT2D eigenvalue weighted by Gasteiger charge is -2.06. The van der Waals surface area contributed by atoms with Gasteiger partial charge in [0, 0.05) is 29.4 Å². The van der Waals surface area contributed by atoms with Gasteiger partial charge in [-0.25, -0.2) is 22.9 Å². The van der Waals surface area contributed by atoms with Crippen molar-refractivity contribution in [1.29, 1.82) is 0 Å². The van der Waals surface area contributed by atoms with E-state index in [-0.39, 0.29) is 5.75 Å². The van der Waals surface area contributed by atoms with Gasteiger partial charge in [-0.2, -0.15) is 5.10 Å². The minimum atomic E-state index is -3.06. The van der Waals surface area contributed by atoms with Crippen LogP contribution in [0.1, 0.15) is 17.1 Å². The Kier molecular flexibility index (Phi) is 5.58. The molecule has 0 atom stereocenters. The fraction of sp³-hybridized carbons (Fsp3) is 0.167. The highest BCUT2D eigenvalue weighted by Crippen LogP contribution is 2.29. The number of aryl methyl sites for hydroxylation is 1. The Morgan fingerprint density at radius 3 is 2.62 bits per heavy atom. The molecule has 4 heterocycles. The van der Waals surface area contributed by atoms with E-state index < -0.39 is 9.84 Å². The fourth-order valence-corrected chi connectivity index (χ4v) is 4.54. The maximum Gasteiger partial charge on any atom is 0.155 e. The van der Waals surface area contributed by atoms with E-state index >= 15 is 0 Å². The van der Waals surface area contributed by atoms with Crippen molar-refractivity contribution in [3.05, 3.63) is 84.2 Å². The van der Waals surface area contributed by atoms with Crippen molar-refractivity contribution in [3.63, 3.8) is 0 Å². The maximum atomic E-state index is 11.5. The lowest BCUT2D eigenvalue weighted by Crippen LogP contribution is -2.03. The van der Waals surface area contributed by atoms with Crippen LogP contribution in [-0.4, -0.2) is 44.2 Å². The minimum Gasteiger partial charge on any atom is -0.378 e. The summed E-state index contributed by atoms with van der Waals surface area (Å²) in [5.41, 5.74) is 6.59. The first kappa shape index (κ1) is 21.8. The number of hydrogen-bond donors (Lipinski definition) is 2. The molecule has 0 radical (unpaired) electrons.